The van der Waals surface area contributed by atoms with E-state index in [1.54, 1.807) is 6.92 Å². The average molecular weight is 309 g/mol. The fourth-order valence-corrected chi connectivity index (χ4v) is 2.54. The fourth-order valence-electron chi connectivity index (χ4n) is 1.82. The zero-order valence-electron chi connectivity index (χ0n) is 11.4. The molecule has 3 nitrogen and oxygen atoms in total. The maximum Gasteiger partial charge on any atom is 0.416 e. The molecule has 0 aliphatic heterocycles. The molecule has 7 heteroatoms. The summed E-state index contributed by atoms with van der Waals surface area (Å²) >= 11 is 0. The largest absolute Gasteiger partial charge is 0.416 e. The van der Waals surface area contributed by atoms with Crippen LogP contribution in [0, 0.1) is 0 Å². The number of hydrogen-bond acceptors (Lipinski definition) is 3. The molecule has 1 aromatic carbocycles. The van der Waals surface area contributed by atoms with Crippen LogP contribution in [0.1, 0.15) is 31.0 Å². The van der Waals surface area contributed by atoms with Gasteiger partial charge in [0.15, 0.2) is 9.84 Å². The van der Waals surface area contributed by atoms with Gasteiger partial charge in [0.25, 0.3) is 0 Å². The van der Waals surface area contributed by atoms with E-state index in [0.29, 0.717) is 0 Å². The van der Waals surface area contributed by atoms with Gasteiger partial charge in [-0.15, -0.1) is 0 Å². The van der Waals surface area contributed by atoms with E-state index >= 15 is 0 Å². The number of halogens is 3. The van der Waals surface area contributed by atoms with Gasteiger partial charge in [-0.1, -0.05) is 25.1 Å². The van der Waals surface area contributed by atoms with Crippen molar-refractivity contribution in [2.45, 2.75) is 26.1 Å². The lowest BCUT2D eigenvalue weighted by Gasteiger charge is -2.19. The van der Waals surface area contributed by atoms with Gasteiger partial charge in [0.2, 0.25) is 0 Å². The first-order valence-corrected chi connectivity index (χ1v) is 8.09. The molecular formula is C13H18F3NO2S. The van der Waals surface area contributed by atoms with Gasteiger partial charge in [-0.2, -0.15) is 13.2 Å². The Morgan fingerprint density at radius 1 is 1.25 bits per heavy atom. The molecule has 0 amide bonds. The van der Waals surface area contributed by atoms with Crippen molar-refractivity contribution in [3.63, 3.8) is 0 Å². The number of rotatable bonds is 6. The Balaban J connectivity index is 2.76. The maximum atomic E-state index is 12.9. The normalized spacial score (nSPS) is 14.2. The van der Waals surface area contributed by atoms with E-state index in [1.807, 2.05) is 0 Å². The van der Waals surface area contributed by atoms with Crippen molar-refractivity contribution in [1.82, 2.24) is 5.32 Å². The number of benzene rings is 1. The molecule has 20 heavy (non-hydrogen) atoms. The standard InChI is InChI=1S/C13H18F3NO2S/c1-3-20(18,19)9-8-17-10(2)11-6-4-5-7-12(11)13(14,15)16/h4-7,10,17H,3,8-9H2,1-2H3/t10-/m0/s1. The third kappa shape index (κ3) is 4.79. The van der Waals surface area contributed by atoms with E-state index < -0.39 is 27.6 Å². The highest BCUT2D eigenvalue weighted by Gasteiger charge is 2.34. The third-order valence-electron chi connectivity index (χ3n) is 3.04. The molecular weight excluding hydrogens is 291 g/mol. The molecule has 1 N–H and O–H groups in total. The first kappa shape index (κ1) is 17.0. The van der Waals surface area contributed by atoms with Crippen LogP contribution in [0.3, 0.4) is 0 Å². The Morgan fingerprint density at radius 3 is 2.40 bits per heavy atom. The maximum absolute atomic E-state index is 12.9. The quantitative estimate of drug-likeness (QED) is 0.879. The van der Waals surface area contributed by atoms with Crippen LogP contribution >= 0.6 is 0 Å². The minimum atomic E-state index is -4.41. The molecule has 0 aromatic heterocycles. The van der Waals surface area contributed by atoms with Crippen LogP contribution in [-0.4, -0.2) is 26.5 Å². The molecule has 0 spiro atoms. The Hall–Kier alpha value is -1.08. The monoisotopic (exact) mass is 309 g/mol. The highest BCUT2D eigenvalue weighted by atomic mass is 32.2. The van der Waals surface area contributed by atoms with E-state index in [9.17, 15) is 21.6 Å². The van der Waals surface area contributed by atoms with E-state index in [0.717, 1.165) is 6.07 Å². The summed E-state index contributed by atoms with van der Waals surface area (Å²) in [5.41, 5.74) is -0.577. The molecule has 0 saturated carbocycles. The second-order valence-electron chi connectivity index (χ2n) is 4.50. The van der Waals surface area contributed by atoms with Crippen molar-refractivity contribution in [2.75, 3.05) is 18.1 Å². The number of hydrogen-bond donors (Lipinski definition) is 1. The van der Waals surface area contributed by atoms with Crippen molar-refractivity contribution in [2.24, 2.45) is 0 Å². The zero-order chi connectivity index (χ0) is 15.4. The van der Waals surface area contributed by atoms with E-state index in [4.69, 9.17) is 0 Å². The number of sulfone groups is 1. The lowest BCUT2D eigenvalue weighted by Crippen LogP contribution is -2.27. The summed E-state index contributed by atoms with van der Waals surface area (Å²) in [7, 11) is -3.12. The van der Waals surface area contributed by atoms with Crippen LogP contribution in [0.25, 0.3) is 0 Å². The number of alkyl halides is 3. The van der Waals surface area contributed by atoms with E-state index in [2.05, 4.69) is 5.32 Å². The van der Waals surface area contributed by atoms with Crippen molar-refractivity contribution in [3.8, 4) is 0 Å². The molecule has 0 heterocycles. The zero-order valence-corrected chi connectivity index (χ0v) is 12.2. The van der Waals surface area contributed by atoms with E-state index in [-0.39, 0.29) is 23.6 Å². The number of nitrogens with one attached hydrogen (secondary N) is 1. The van der Waals surface area contributed by atoms with Crippen LogP contribution in [0.5, 0.6) is 0 Å². The summed E-state index contributed by atoms with van der Waals surface area (Å²) in [6, 6.07) is 4.72. The smallest absolute Gasteiger partial charge is 0.309 e. The molecule has 1 rings (SSSR count). The third-order valence-corrected chi connectivity index (χ3v) is 4.74. The predicted octanol–water partition coefficient (Wildman–Crippen LogP) is 2.79. The Kier molecular flexibility index (Phi) is 5.59. The second kappa shape index (κ2) is 6.58. The molecule has 1 aromatic rings. The second-order valence-corrected chi connectivity index (χ2v) is 6.97. The van der Waals surface area contributed by atoms with Crippen LogP contribution in [0.4, 0.5) is 13.2 Å². The van der Waals surface area contributed by atoms with E-state index in [1.165, 1.54) is 25.1 Å². The lowest BCUT2D eigenvalue weighted by atomic mass is 10.0. The van der Waals surface area contributed by atoms with Gasteiger partial charge in [0.05, 0.1) is 11.3 Å². The minimum absolute atomic E-state index is 0.0300. The summed E-state index contributed by atoms with van der Waals surface area (Å²) in [6.45, 7) is 3.25. The summed E-state index contributed by atoms with van der Waals surface area (Å²) < 4.78 is 61.2. The molecule has 114 valence electrons. The molecule has 0 aliphatic rings. The lowest BCUT2D eigenvalue weighted by molar-refractivity contribution is -0.138. The van der Waals surface area contributed by atoms with Gasteiger partial charge in [-0.05, 0) is 18.6 Å². The highest BCUT2D eigenvalue weighted by Crippen LogP contribution is 2.34. The summed E-state index contributed by atoms with van der Waals surface area (Å²) in [4.78, 5) is 0. The van der Waals surface area contributed by atoms with Gasteiger partial charge < -0.3 is 5.32 Å². The van der Waals surface area contributed by atoms with Gasteiger partial charge in [0.1, 0.15) is 0 Å². The average Bonchev–Trinajstić information content (AvgIpc) is 2.37. The Morgan fingerprint density at radius 2 is 1.85 bits per heavy atom. The first-order chi connectivity index (χ1) is 9.17. The van der Waals surface area contributed by atoms with Crippen molar-refractivity contribution < 1.29 is 21.6 Å². The summed E-state index contributed by atoms with van der Waals surface area (Å²) in [6.07, 6.45) is -4.41. The minimum Gasteiger partial charge on any atom is -0.309 e. The first-order valence-electron chi connectivity index (χ1n) is 6.27. The van der Waals surface area contributed by atoms with Crippen LogP contribution in [0.2, 0.25) is 0 Å². The van der Waals surface area contributed by atoms with Gasteiger partial charge in [-0.25, -0.2) is 8.42 Å². The summed E-state index contributed by atoms with van der Waals surface area (Å²) in [5, 5.41) is 2.82. The highest BCUT2D eigenvalue weighted by molar-refractivity contribution is 7.91. The summed E-state index contributed by atoms with van der Waals surface area (Å²) in [5.74, 6) is -0.0514. The van der Waals surface area contributed by atoms with Crippen LogP contribution in [0.15, 0.2) is 24.3 Å². The van der Waals surface area contributed by atoms with Crippen molar-refractivity contribution in [1.29, 1.82) is 0 Å². The Bertz CT molecular complexity index is 541. The SMILES string of the molecule is CCS(=O)(=O)CCN[C@@H](C)c1ccccc1C(F)(F)F. The molecule has 0 bridgehead atoms. The molecule has 0 fully saturated rings. The Labute approximate surface area is 117 Å². The molecule has 0 aliphatic carbocycles. The predicted molar refractivity (Wildman–Crippen MR) is 72.2 cm³/mol. The van der Waals surface area contributed by atoms with Crippen LogP contribution in [-0.2, 0) is 16.0 Å². The van der Waals surface area contributed by atoms with Crippen LogP contribution < -0.4 is 5.32 Å². The van der Waals surface area contributed by atoms with Crippen molar-refractivity contribution in [3.05, 3.63) is 35.4 Å². The van der Waals surface area contributed by atoms with Gasteiger partial charge in [0, 0.05) is 18.3 Å². The molecule has 0 saturated heterocycles. The molecule has 0 unspecified atom stereocenters. The topological polar surface area (TPSA) is 46.2 Å². The van der Waals surface area contributed by atoms with Crippen molar-refractivity contribution >= 4 is 9.84 Å². The van der Waals surface area contributed by atoms with Gasteiger partial charge >= 0.3 is 6.18 Å². The molecule has 1 atom stereocenters. The van der Waals surface area contributed by atoms with Gasteiger partial charge in [-0.3, -0.25) is 0 Å². The fraction of sp³-hybridized carbons (Fsp3) is 0.538. The molecule has 0 radical (unpaired) electrons.